The second kappa shape index (κ2) is 12.8. The third-order valence-electron chi connectivity index (χ3n) is 7.51. The molecule has 9 heteroatoms. The summed E-state index contributed by atoms with van der Waals surface area (Å²) in [6, 6.07) is 28.0. The van der Waals surface area contributed by atoms with Gasteiger partial charge in [0.15, 0.2) is 0 Å². The molecular weight excluding hydrogens is 544 g/mol. The van der Waals surface area contributed by atoms with Crippen LogP contribution in [0.5, 0.6) is 5.75 Å². The number of likely N-dealkylation sites (tertiary alicyclic amines) is 1. The van der Waals surface area contributed by atoms with Gasteiger partial charge in [0.05, 0.1) is 11.1 Å². The second-order valence-corrected chi connectivity index (χ2v) is 10.1. The Bertz CT molecular complexity index is 1520. The maximum absolute atomic E-state index is 13.2. The fourth-order valence-electron chi connectivity index (χ4n) is 5.44. The number of aromatic carboxylic acids is 2. The molecule has 0 spiro atoms. The third-order valence-corrected chi connectivity index (χ3v) is 7.51. The van der Waals surface area contributed by atoms with E-state index in [-0.39, 0.29) is 47.2 Å². The number of fused-ring (bicyclic) bond motifs is 1. The number of amides is 1. The molecule has 0 aromatic heterocycles. The van der Waals surface area contributed by atoms with Crippen LogP contribution in [0.2, 0.25) is 0 Å². The van der Waals surface area contributed by atoms with Crippen LogP contribution in [0.25, 0.3) is 10.8 Å². The molecule has 4 aromatic carbocycles. The second-order valence-electron chi connectivity index (χ2n) is 10.1. The van der Waals surface area contributed by atoms with E-state index in [1.807, 2.05) is 30.3 Å². The summed E-state index contributed by atoms with van der Waals surface area (Å²) in [4.78, 5) is 37.7. The number of hydrogen-bond acceptors (Lipinski definition) is 5. The molecule has 8 nitrogen and oxygen atoms in total. The molecule has 0 bridgehead atoms. The Balaban J connectivity index is 0.00000387. The smallest absolute Gasteiger partial charge is 0.415 e. The molecule has 212 valence electrons. The molecule has 0 unspecified atom stereocenters. The van der Waals surface area contributed by atoms with Crippen molar-refractivity contribution >= 4 is 41.2 Å². The van der Waals surface area contributed by atoms with Gasteiger partial charge in [-0.25, -0.2) is 14.4 Å². The van der Waals surface area contributed by atoms with Gasteiger partial charge < -0.3 is 25.2 Å². The van der Waals surface area contributed by atoms with Gasteiger partial charge in [-0.15, -0.1) is 12.4 Å². The minimum atomic E-state index is -1.31. The summed E-state index contributed by atoms with van der Waals surface area (Å²) in [6.45, 7) is 3.64. The van der Waals surface area contributed by atoms with Crippen molar-refractivity contribution < 1.29 is 29.3 Å². The van der Waals surface area contributed by atoms with E-state index in [0.717, 1.165) is 23.8 Å². The van der Waals surface area contributed by atoms with Gasteiger partial charge in [0.2, 0.25) is 0 Å². The lowest BCUT2D eigenvalue weighted by molar-refractivity contribution is 0.0696. The van der Waals surface area contributed by atoms with E-state index < -0.39 is 18.0 Å². The zero-order valence-corrected chi connectivity index (χ0v) is 23.2. The summed E-state index contributed by atoms with van der Waals surface area (Å²) in [5.74, 6) is -2.59. The third kappa shape index (κ3) is 6.67. The van der Waals surface area contributed by atoms with Crippen molar-refractivity contribution in [3.8, 4) is 5.75 Å². The minimum absolute atomic E-state index is 0. The highest BCUT2D eigenvalue weighted by atomic mass is 35.5. The number of carbonyl (C=O) groups excluding carboxylic acids is 1. The molecule has 41 heavy (non-hydrogen) atoms. The molecule has 0 radical (unpaired) electrons. The number of benzene rings is 4. The summed E-state index contributed by atoms with van der Waals surface area (Å²) in [5, 5.41) is 24.8. The Labute approximate surface area is 244 Å². The van der Waals surface area contributed by atoms with E-state index >= 15 is 0 Å². The monoisotopic (exact) mass is 574 g/mol. The molecule has 1 aliphatic heterocycles. The minimum Gasteiger partial charge on any atom is -0.478 e. The van der Waals surface area contributed by atoms with Crippen molar-refractivity contribution in [2.45, 2.75) is 18.9 Å². The predicted molar refractivity (Wildman–Crippen MR) is 158 cm³/mol. The summed E-state index contributed by atoms with van der Waals surface area (Å²) < 4.78 is 5.50. The number of carboxylic acids is 2. The number of hydrogen-bond donors (Lipinski definition) is 3. The van der Waals surface area contributed by atoms with Crippen LogP contribution >= 0.6 is 12.4 Å². The first-order chi connectivity index (χ1) is 19.3. The number of nitrogens with zero attached hydrogens (tertiary/aromatic N) is 1. The normalized spacial score (nSPS) is 17.0. The molecule has 3 atom stereocenters. The summed E-state index contributed by atoms with van der Waals surface area (Å²) >= 11 is 0. The lowest BCUT2D eigenvalue weighted by Crippen LogP contribution is -2.33. The summed E-state index contributed by atoms with van der Waals surface area (Å²) in [7, 11) is 0. The molecule has 1 amide bonds. The lowest BCUT2D eigenvalue weighted by Gasteiger charge is -2.23. The van der Waals surface area contributed by atoms with Crippen LogP contribution in [-0.2, 0) is 0 Å². The molecule has 0 saturated carbocycles. The van der Waals surface area contributed by atoms with Gasteiger partial charge >= 0.3 is 18.0 Å². The number of nitrogens with one attached hydrogen (secondary N) is 1. The Kier molecular flexibility index (Phi) is 9.27. The zero-order chi connectivity index (χ0) is 28.2. The van der Waals surface area contributed by atoms with Crippen molar-refractivity contribution in [1.29, 1.82) is 0 Å². The summed E-state index contributed by atoms with van der Waals surface area (Å²) in [5.41, 5.74) is 1.78. The predicted octanol–water partition coefficient (Wildman–Crippen LogP) is 6.22. The maximum atomic E-state index is 13.2. The van der Waals surface area contributed by atoms with Crippen LogP contribution in [0.1, 0.15) is 50.7 Å². The van der Waals surface area contributed by atoms with E-state index in [4.69, 9.17) is 4.74 Å². The van der Waals surface area contributed by atoms with E-state index in [1.165, 1.54) is 16.3 Å². The molecular formula is C32H31ClN2O6. The lowest BCUT2D eigenvalue weighted by atomic mass is 9.88. The zero-order valence-electron chi connectivity index (χ0n) is 22.4. The number of carbonyl (C=O) groups is 3. The van der Waals surface area contributed by atoms with E-state index in [2.05, 4.69) is 54.7 Å². The molecule has 1 saturated heterocycles. The van der Waals surface area contributed by atoms with Gasteiger partial charge in [-0.1, -0.05) is 72.8 Å². The first-order valence-electron chi connectivity index (χ1n) is 13.1. The molecule has 4 aromatic rings. The number of halogens is 1. The van der Waals surface area contributed by atoms with Crippen molar-refractivity contribution in [3.63, 3.8) is 0 Å². The van der Waals surface area contributed by atoms with E-state index in [1.54, 1.807) is 4.90 Å². The first kappa shape index (κ1) is 29.6. The molecule has 0 aliphatic carbocycles. The number of ether oxygens (including phenoxy) is 1. The van der Waals surface area contributed by atoms with Crippen molar-refractivity contribution in [2.24, 2.45) is 5.92 Å². The van der Waals surface area contributed by atoms with E-state index in [0.29, 0.717) is 19.6 Å². The van der Waals surface area contributed by atoms with Crippen LogP contribution < -0.4 is 10.1 Å². The van der Waals surface area contributed by atoms with Gasteiger partial charge in [0, 0.05) is 31.6 Å². The van der Waals surface area contributed by atoms with Crippen LogP contribution in [0.4, 0.5) is 4.79 Å². The van der Waals surface area contributed by atoms with Crippen molar-refractivity contribution in [2.75, 3.05) is 19.6 Å². The van der Waals surface area contributed by atoms with Gasteiger partial charge in [0.25, 0.3) is 0 Å². The molecule has 1 fully saturated rings. The van der Waals surface area contributed by atoms with Crippen LogP contribution in [0, 0.1) is 5.92 Å². The highest BCUT2D eigenvalue weighted by molar-refractivity contribution is 5.94. The molecule has 5 rings (SSSR count). The quantitative estimate of drug-likeness (QED) is 0.229. The Morgan fingerprint density at radius 2 is 1.51 bits per heavy atom. The highest BCUT2D eigenvalue weighted by Gasteiger charge is 2.37. The van der Waals surface area contributed by atoms with E-state index in [9.17, 15) is 24.6 Å². The number of rotatable bonds is 8. The largest absolute Gasteiger partial charge is 0.478 e. The Morgan fingerprint density at radius 3 is 2.20 bits per heavy atom. The number of carboxylic acid groups (broad SMARTS) is 2. The highest BCUT2D eigenvalue weighted by Crippen LogP contribution is 2.34. The molecule has 1 heterocycles. The topological polar surface area (TPSA) is 116 Å². The van der Waals surface area contributed by atoms with Gasteiger partial charge in [-0.3, -0.25) is 0 Å². The fraction of sp³-hybridized carbons (Fsp3) is 0.219. The Hall–Kier alpha value is -4.40. The van der Waals surface area contributed by atoms with Crippen LogP contribution in [0.3, 0.4) is 0 Å². The molecule has 1 aliphatic rings. The fourth-order valence-corrected chi connectivity index (χ4v) is 5.44. The van der Waals surface area contributed by atoms with Gasteiger partial charge in [-0.05, 0) is 52.9 Å². The average molecular weight is 575 g/mol. The maximum Gasteiger partial charge on any atom is 0.415 e. The van der Waals surface area contributed by atoms with Crippen molar-refractivity contribution in [1.82, 2.24) is 10.2 Å². The SMILES string of the molecule is C[C@@H](NC[C@@H]1CN(C(=O)Oc2cc(C(=O)O)cc(C(=O)O)c2)C[C@@H]1c1ccccc1)c1cccc2ccccc12.Cl. The van der Waals surface area contributed by atoms with Crippen LogP contribution in [-0.4, -0.2) is 52.8 Å². The van der Waals surface area contributed by atoms with Crippen LogP contribution in [0.15, 0.2) is 91.0 Å². The van der Waals surface area contributed by atoms with Gasteiger partial charge in [-0.2, -0.15) is 0 Å². The average Bonchev–Trinajstić information content (AvgIpc) is 3.40. The Morgan fingerprint density at radius 1 is 0.878 bits per heavy atom. The summed E-state index contributed by atoms with van der Waals surface area (Å²) in [6.07, 6.45) is -0.649. The first-order valence-corrected chi connectivity index (χ1v) is 13.1. The standard InChI is InChI=1S/C32H30N2O6.ClH/c1-20(27-13-7-11-21-10-5-6-12-28(21)27)33-17-25-18-34(19-29(25)22-8-3-2-4-9-22)32(39)40-26-15-23(30(35)36)14-24(16-26)31(37)38;/h2-16,20,25,29,33H,17-19H2,1H3,(H,35,36)(H,37,38);1H/t20-,25-,29-;/m1./s1. The molecule has 3 N–H and O–H groups in total. The van der Waals surface area contributed by atoms with Gasteiger partial charge in [0.1, 0.15) is 5.75 Å². The van der Waals surface area contributed by atoms with Crippen molar-refractivity contribution in [3.05, 3.63) is 113 Å².